The predicted octanol–water partition coefficient (Wildman–Crippen LogP) is 3.00. The van der Waals surface area contributed by atoms with Gasteiger partial charge in [-0.15, -0.1) is 0 Å². The topological polar surface area (TPSA) is 113 Å². The summed E-state index contributed by atoms with van der Waals surface area (Å²) in [6.45, 7) is 7.98. The van der Waals surface area contributed by atoms with Crippen LogP contribution in [-0.4, -0.2) is 62.4 Å². The van der Waals surface area contributed by atoms with Crippen LogP contribution in [0.4, 0.5) is 5.69 Å². The van der Waals surface area contributed by atoms with E-state index in [1.165, 1.54) is 31.1 Å². The molecule has 2 rings (SSSR count). The smallest absolute Gasteiger partial charge is 0.244 e. The quantitative estimate of drug-likeness (QED) is 0.485. The number of anilines is 1. The van der Waals surface area contributed by atoms with Crippen LogP contribution >= 0.6 is 0 Å². The molecule has 0 radical (unpaired) electrons. The molecule has 2 aromatic carbocycles. The summed E-state index contributed by atoms with van der Waals surface area (Å²) in [5.74, 6) is -0.592. The average molecular weight is 518 g/mol. The molecule has 1 atom stereocenters. The molecule has 0 bridgehead atoms. The van der Waals surface area contributed by atoms with Gasteiger partial charge in [-0.1, -0.05) is 24.3 Å². The van der Waals surface area contributed by atoms with Gasteiger partial charge in [0.25, 0.3) is 0 Å². The highest BCUT2D eigenvalue weighted by molar-refractivity contribution is 7.92. The molecule has 0 fully saturated rings. The Kier molecular flexibility index (Phi) is 9.26. The van der Waals surface area contributed by atoms with Crippen LogP contribution in [0.5, 0.6) is 5.75 Å². The van der Waals surface area contributed by atoms with Gasteiger partial charge in [-0.05, 0) is 64.4 Å². The predicted molar refractivity (Wildman–Crippen MR) is 140 cm³/mol. The number of nitrogens with one attached hydrogen (secondary N) is 1. The summed E-state index contributed by atoms with van der Waals surface area (Å²) in [7, 11) is -2.36. The monoisotopic (exact) mass is 517 g/mol. The van der Waals surface area contributed by atoms with Crippen molar-refractivity contribution in [3.63, 3.8) is 0 Å². The maximum Gasteiger partial charge on any atom is 0.244 e. The highest BCUT2D eigenvalue weighted by Crippen LogP contribution is 2.22. The molecule has 0 unspecified atom stereocenters. The molecule has 0 aliphatic carbocycles. The Morgan fingerprint density at radius 3 is 2.25 bits per heavy atom. The van der Waals surface area contributed by atoms with Crippen LogP contribution in [0.1, 0.15) is 50.5 Å². The summed E-state index contributed by atoms with van der Waals surface area (Å²) in [5.41, 5.74) is 0.691. The van der Waals surface area contributed by atoms with Crippen LogP contribution in [0.3, 0.4) is 0 Å². The number of benzene rings is 2. The lowest BCUT2D eigenvalue weighted by Crippen LogP contribution is -2.54. The van der Waals surface area contributed by atoms with E-state index < -0.39 is 34.1 Å². The zero-order chi connectivity index (χ0) is 27.3. The van der Waals surface area contributed by atoms with Crippen molar-refractivity contribution in [2.75, 3.05) is 24.2 Å². The molecule has 9 nitrogen and oxygen atoms in total. The molecule has 10 heteroatoms. The van der Waals surface area contributed by atoms with Crippen molar-refractivity contribution in [3.05, 3.63) is 59.7 Å². The number of ketones is 1. The number of sulfonamides is 1. The third-order valence-corrected chi connectivity index (χ3v) is 6.51. The maximum absolute atomic E-state index is 13.6. The number of rotatable bonds is 10. The molecular weight excluding hydrogens is 482 g/mol. The number of nitrogens with zero attached hydrogens (tertiary/aromatic N) is 2. The third kappa shape index (κ3) is 8.08. The van der Waals surface area contributed by atoms with E-state index in [9.17, 15) is 22.8 Å². The lowest BCUT2D eigenvalue weighted by atomic mass is 10.1. The van der Waals surface area contributed by atoms with E-state index in [1.54, 1.807) is 43.3 Å². The number of methoxy groups -OCH3 is 1. The Balaban J connectivity index is 2.46. The summed E-state index contributed by atoms with van der Waals surface area (Å²) >= 11 is 0. The minimum atomic E-state index is -3.89. The molecule has 0 saturated heterocycles. The Morgan fingerprint density at radius 2 is 1.69 bits per heavy atom. The molecular formula is C26H35N3O6S. The normalized spacial score (nSPS) is 12.4. The molecule has 196 valence electrons. The summed E-state index contributed by atoms with van der Waals surface area (Å²) < 4.78 is 31.6. The summed E-state index contributed by atoms with van der Waals surface area (Å²) in [4.78, 5) is 39.8. The standard InChI is InChI=1S/C26H35N3O6S/c1-18(25(32)27-26(3,4)5)28(16-20-10-8-13-23(14-20)35-6)24(31)17-29(36(7,33)34)22-12-9-11-21(15-22)19(2)30/h8-15,18H,16-17H2,1-7H3,(H,27,32)/t18-/m1/s1. The first-order chi connectivity index (χ1) is 16.6. The molecule has 0 aliphatic heterocycles. The fourth-order valence-electron chi connectivity index (χ4n) is 3.52. The summed E-state index contributed by atoms with van der Waals surface area (Å²) in [5, 5.41) is 2.87. The zero-order valence-corrected chi connectivity index (χ0v) is 22.7. The number of ether oxygens (including phenoxy) is 1. The van der Waals surface area contributed by atoms with E-state index in [4.69, 9.17) is 4.74 Å². The minimum absolute atomic E-state index is 0.0554. The highest BCUT2D eigenvalue weighted by atomic mass is 32.2. The lowest BCUT2D eigenvalue weighted by molar-refractivity contribution is -0.140. The molecule has 0 heterocycles. The van der Waals surface area contributed by atoms with Gasteiger partial charge in [0, 0.05) is 17.6 Å². The van der Waals surface area contributed by atoms with Crippen molar-refractivity contribution in [3.8, 4) is 5.75 Å². The molecule has 0 aromatic heterocycles. The second-order valence-electron chi connectivity index (χ2n) is 9.66. The van der Waals surface area contributed by atoms with E-state index in [0.717, 1.165) is 10.6 Å². The number of Topliss-reactive ketones (excluding diaryl/α,β-unsaturated/α-hetero) is 1. The van der Waals surface area contributed by atoms with Crippen LogP contribution in [0, 0.1) is 0 Å². The van der Waals surface area contributed by atoms with Gasteiger partial charge in [0.2, 0.25) is 21.8 Å². The largest absolute Gasteiger partial charge is 0.497 e. The van der Waals surface area contributed by atoms with Gasteiger partial charge in [0.15, 0.2) is 5.78 Å². The van der Waals surface area contributed by atoms with Crippen LogP contribution in [0.15, 0.2) is 48.5 Å². The van der Waals surface area contributed by atoms with Crippen molar-refractivity contribution in [2.45, 2.75) is 52.7 Å². The van der Waals surface area contributed by atoms with Gasteiger partial charge in [-0.3, -0.25) is 18.7 Å². The van der Waals surface area contributed by atoms with Crippen LogP contribution in [0.25, 0.3) is 0 Å². The van der Waals surface area contributed by atoms with Crippen LogP contribution in [-0.2, 0) is 26.2 Å². The fraction of sp³-hybridized carbons (Fsp3) is 0.423. The molecule has 36 heavy (non-hydrogen) atoms. The Bertz CT molecular complexity index is 1220. The minimum Gasteiger partial charge on any atom is -0.497 e. The van der Waals surface area contributed by atoms with Crippen molar-refractivity contribution >= 4 is 33.3 Å². The van der Waals surface area contributed by atoms with Crippen LogP contribution < -0.4 is 14.4 Å². The molecule has 1 N–H and O–H groups in total. The SMILES string of the molecule is COc1cccc(CN(C(=O)CN(c2cccc(C(C)=O)c2)S(C)(=O)=O)[C@H](C)C(=O)NC(C)(C)C)c1. The molecule has 0 aliphatic rings. The Labute approximate surface area is 213 Å². The molecule has 0 saturated carbocycles. The van der Waals surface area contributed by atoms with Gasteiger partial charge >= 0.3 is 0 Å². The average Bonchev–Trinajstić information content (AvgIpc) is 2.78. The Morgan fingerprint density at radius 1 is 1.06 bits per heavy atom. The summed E-state index contributed by atoms with van der Waals surface area (Å²) in [6.07, 6.45) is 0.989. The van der Waals surface area contributed by atoms with Crippen molar-refractivity contribution in [1.29, 1.82) is 0 Å². The van der Waals surface area contributed by atoms with E-state index in [0.29, 0.717) is 16.9 Å². The number of carbonyl (C=O) groups excluding carboxylic acids is 3. The Hall–Kier alpha value is -3.40. The second-order valence-corrected chi connectivity index (χ2v) is 11.6. The molecule has 2 amide bonds. The lowest BCUT2D eigenvalue weighted by Gasteiger charge is -2.33. The highest BCUT2D eigenvalue weighted by Gasteiger charge is 2.31. The fourth-order valence-corrected chi connectivity index (χ4v) is 4.36. The van der Waals surface area contributed by atoms with Gasteiger partial charge < -0.3 is 15.0 Å². The van der Waals surface area contributed by atoms with E-state index in [-0.39, 0.29) is 23.9 Å². The van der Waals surface area contributed by atoms with Crippen LogP contribution in [0.2, 0.25) is 0 Å². The van der Waals surface area contributed by atoms with E-state index in [1.807, 2.05) is 20.8 Å². The first kappa shape index (κ1) is 28.8. The first-order valence-corrected chi connectivity index (χ1v) is 13.3. The molecule has 0 spiro atoms. The van der Waals surface area contributed by atoms with Gasteiger partial charge in [-0.25, -0.2) is 8.42 Å². The maximum atomic E-state index is 13.6. The van der Waals surface area contributed by atoms with Gasteiger partial charge in [0.05, 0.1) is 19.1 Å². The van der Waals surface area contributed by atoms with Gasteiger partial charge in [0.1, 0.15) is 18.3 Å². The van der Waals surface area contributed by atoms with Gasteiger partial charge in [-0.2, -0.15) is 0 Å². The molecule has 2 aromatic rings. The zero-order valence-electron chi connectivity index (χ0n) is 21.9. The van der Waals surface area contributed by atoms with Crippen molar-refractivity contribution in [2.24, 2.45) is 0 Å². The number of hydrogen-bond donors (Lipinski definition) is 1. The van der Waals surface area contributed by atoms with Crippen molar-refractivity contribution < 1.29 is 27.5 Å². The summed E-state index contributed by atoms with van der Waals surface area (Å²) in [6, 6.07) is 12.3. The number of hydrogen-bond acceptors (Lipinski definition) is 6. The van der Waals surface area contributed by atoms with E-state index >= 15 is 0 Å². The first-order valence-electron chi connectivity index (χ1n) is 11.5. The van der Waals surface area contributed by atoms with E-state index in [2.05, 4.69) is 5.32 Å². The number of amides is 2. The third-order valence-electron chi connectivity index (χ3n) is 5.37. The second kappa shape index (κ2) is 11.6. The number of carbonyl (C=O) groups is 3. The van der Waals surface area contributed by atoms with Crippen molar-refractivity contribution in [1.82, 2.24) is 10.2 Å².